The van der Waals surface area contributed by atoms with E-state index in [1.807, 2.05) is 84.7 Å². The Morgan fingerprint density at radius 3 is 2.48 bits per heavy atom. The number of hydrogen-bond acceptors (Lipinski definition) is 8. The van der Waals surface area contributed by atoms with Crippen LogP contribution in [-0.2, 0) is 0 Å². The number of para-hydroxylation sites is 3. The van der Waals surface area contributed by atoms with E-state index in [0.29, 0.717) is 17.1 Å². The zero-order chi connectivity index (χ0) is 27.2. The third kappa shape index (κ3) is 4.17. The van der Waals surface area contributed by atoms with Crippen molar-refractivity contribution in [3.05, 3.63) is 101 Å². The number of fused-ring (bicyclic) bond motifs is 4. The van der Waals surface area contributed by atoms with Crippen LogP contribution in [0.2, 0.25) is 0 Å². The fourth-order valence-corrected chi connectivity index (χ4v) is 5.97. The molecular weight excluding hydrogens is 568 g/mol. The first kappa shape index (κ1) is 24.7. The predicted octanol–water partition coefficient (Wildman–Crippen LogP) is 7.39. The van der Waals surface area contributed by atoms with Gasteiger partial charge in [0.15, 0.2) is 22.5 Å². The van der Waals surface area contributed by atoms with Gasteiger partial charge in [0.1, 0.15) is 17.6 Å². The molecule has 4 heterocycles. The standard InChI is InChI=1S/C31H27BrN6O2/c1-3-39-22-15-13-20(14-16-22)33-29-31-35-30-27(19(2)36-38(30)21-9-5-4-6-10-21)28(25-17-18-26(32)40-25)37(31)24-12-8-7-11-23(24)34-29/h4-18,27-28,30H,3H2,1-2H3,(H,33,34)/t27-,28+,30+/m1/s1. The molecule has 8 nitrogen and oxygen atoms in total. The van der Waals surface area contributed by atoms with Gasteiger partial charge >= 0.3 is 0 Å². The van der Waals surface area contributed by atoms with Gasteiger partial charge in [-0.3, -0.25) is 0 Å². The molecule has 40 heavy (non-hydrogen) atoms. The monoisotopic (exact) mass is 594 g/mol. The Bertz CT molecular complexity index is 1650. The number of aliphatic imine (C=N–C) groups is 2. The molecule has 3 aliphatic rings. The van der Waals surface area contributed by atoms with Gasteiger partial charge in [0.05, 0.1) is 29.6 Å². The number of amidine groups is 2. The van der Waals surface area contributed by atoms with Crippen LogP contribution in [0, 0.1) is 5.92 Å². The number of rotatable bonds is 5. The van der Waals surface area contributed by atoms with Crippen LogP contribution in [0.3, 0.4) is 0 Å². The molecule has 0 saturated carbocycles. The van der Waals surface area contributed by atoms with Crippen molar-refractivity contribution in [2.45, 2.75) is 26.1 Å². The topological polar surface area (TPSA) is 78.0 Å². The molecule has 3 aromatic carbocycles. The van der Waals surface area contributed by atoms with Crippen LogP contribution in [0.5, 0.6) is 5.75 Å². The van der Waals surface area contributed by atoms with Crippen LogP contribution in [0.25, 0.3) is 0 Å². The molecule has 0 amide bonds. The molecular formula is C31H27BrN6O2. The van der Waals surface area contributed by atoms with E-state index in [4.69, 9.17) is 24.2 Å². The van der Waals surface area contributed by atoms with E-state index in [9.17, 15) is 0 Å². The van der Waals surface area contributed by atoms with Crippen molar-refractivity contribution in [3.63, 3.8) is 0 Å². The molecule has 200 valence electrons. The van der Waals surface area contributed by atoms with E-state index < -0.39 is 0 Å². The number of ether oxygens (including phenoxy) is 1. The molecule has 0 bridgehead atoms. The van der Waals surface area contributed by atoms with Crippen molar-refractivity contribution in [1.82, 2.24) is 0 Å². The third-order valence-corrected chi connectivity index (χ3v) is 7.77. The van der Waals surface area contributed by atoms with Crippen LogP contribution in [0.1, 0.15) is 25.6 Å². The van der Waals surface area contributed by atoms with Gasteiger partial charge in [0, 0.05) is 11.4 Å². The number of benzene rings is 3. The predicted molar refractivity (Wildman–Crippen MR) is 163 cm³/mol. The molecule has 0 radical (unpaired) electrons. The van der Waals surface area contributed by atoms with Gasteiger partial charge < -0.3 is 19.4 Å². The van der Waals surface area contributed by atoms with E-state index in [-0.39, 0.29) is 18.1 Å². The Hall–Kier alpha value is -4.37. The second kappa shape index (κ2) is 9.98. The van der Waals surface area contributed by atoms with Gasteiger partial charge in [-0.25, -0.2) is 15.0 Å². The van der Waals surface area contributed by atoms with Gasteiger partial charge in [0.2, 0.25) is 0 Å². The second-order valence-corrected chi connectivity index (χ2v) is 10.6. The lowest BCUT2D eigenvalue weighted by Crippen LogP contribution is -2.54. The summed E-state index contributed by atoms with van der Waals surface area (Å²) >= 11 is 3.53. The number of furan rings is 1. The van der Waals surface area contributed by atoms with E-state index in [1.54, 1.807) is 0 Å². The van der Waals surface area contributed by atoms with Gasteiger partial charge in [-0.05, 0) is 90.4 Å². The van der Waals surface area contributed by atoms with Crippen LogP contribution >= 0.6 is 15.9 Å². The molecule has 0 spiro atoms. The summed E-state index contributed by atoms with van der Waals surface area (Å²) in [4.78, 5) is 12.7. The molecule has 4 aromatic rings. The molecule has 0 fully saturated rings. The van der Waals surface area contributed by atoms with E-state index in [1.165, 1.54) is 0 Å². The average Bonchev–Trinajstić information content (AvgIpc) is 3.56. The van der Waals surface area contributed by atoms with Crippen LogP contribution in [-0.4, -0.2) is 30.2 Å². The summed E-state index contributed by atoms with van der Waals surface area (Å²) in [5.41, 5.74) is 4.70. The quantitative estimate of drug-likeness (QED) is 0.260. The van der Waals surface area contributed by atoms with Crippen LogP contribution in [0.15, 0.2) is 115 Å². The molecule has 1 aromatic heterocycles. The maximum atomic E-state index is 6.25. The van der Waals surface area contributed by atoms with Crippen LogP contribution < -0.4 is 20.0 Å². The number of nitrogens with zero attached hydrogens (tertiary/aromatic N) is 5. The average molecular weight is 596 g/mol. The Kier molecular flexibility index (Phi) is 6.15. The molecule has 3 atom stereocenters. The highest BCUT2D eigenvalue weighted by Gasteiger charge is 2.51. The maximum absolute atomic E-state index is 6.25. The minimum atomic E-state index is -0.278. The molecule has 3 aliphatic heterocycles. The highest BCUT2D eigenvalue weighted by Crippen LogP contribution is 2.49. The van der Waals surface area contributed by atoms with Crippen molar-refractivity contribution < 1.29 is 9.15 Å². The maximum Gasteiger partial charge on any atom is 0.174 e. The fraction of sp³-hybridized carbons (Fsp3) is 0.194. The summed E-state index contributed by atoms with van der Waals surface area (Å²) in [5.74, 6) is 2.99. The minimum Gasteiger partial charge on any atom is -0.494 e. The normalized spacial score (nSPS) is 21.1. The number of hydrogen-bond donors (Lipinski definition) is 1. The lowest BCUT2D eigenvalue weighted by atomic mass is 9.86. The smallest absolute Gasteiger partial charge is 0.174 e. The first-order valence-electron chi connectivity index (χ1n) is 13.3. The van der Waals surface area contributed by atoms with Gasteiger partial charge in [0.25, 0.3) is 0 Å². The fourth-order valence-electron chi connectivity index (χ4n) is 5.65. The first-order valence-corrected chi connectivity index (χ1v) is 14.1. The number of halogens is 1. The number of hydrazone groups is 1. The van der Waals surface area contributed by atoms with Gasteiger partial charge in [-0.1, -0.05) is 30.3 Å². The van der Waals surface area contributed by atoms with Crippen molar-refractivity contribution >= 4 is 56.1 Å². The summed E-state index contributed by atoms with van der Waals surface area (Å²) in [7, 11) is 0. The Morgan fingerprint density at radius 2 is 1.73 bits per heavy atom. The molecule has 0 aliphatic carbocycles. The van der Waals surface area contributed by atoms with Gasteiger partial charge in [-0.15, -0.1) is 0 Å². The number of nitrogens with one attached hydrogen (secondary N) is 1. The van der Waals surface area contributed by atoms with Crippen molar-refractivity contribution in [2.75, 3.05) is 21.8 Å². The lowest BCUT2D eigenvalue weighted by Gasteiger charge is -2.45. The summed E-state index contributed by atoms with van der Waals surface area (Å²) in [6, 6.07) is 30.0. The van der Waals surface area contributed by atoms with E-state index >= 15 is 0 Å². The molecule has 7 rings (SSSR count). The summed E-state index contributed by atoms with van der Waals surface area (Å²) < 4.78 is 12.6. The Morgan fingerprint density at radius 1 is 0.950 bits per heavy atom. The van der Waals surface area contributed by atoms with Crippen molar-refractivity contribution in [3.8, 4) is 5.75 Å². The number of anilines is 3. The minimum absolute atomic E-state index is 0.0557. The SMILES string of the molecule is CCOc1ccc(NC2=Nc3ccccc3N3C2=N[C@@H]2[C@H](C(C)=NN2c2ccccc2)[C@@H]3c2ccc(Br)o2)cc1. The Labute approximate surface area is 240 Å². The largest absolute Gasteiger partial charge is 0.494 e. The second-order valence-electron chi connectivity index (χ2n) is 9.80. The zero-order valence-corrected chi connectivity index (χ0v) is 23.6. The van der Waals surface area contributed by atoms with E-state index in [2.05, 4.69) is 51.3 Å². The lowest BCUT2D eigenvalue weighted by molar-refractivity contribution is 0.340. The molecule has 9 heteroatoms. The first-order chi connectivity index (χ1) is 19.6. The summed E-state index contributed by atoms with van der Waals surface area (Å²) in [6.07, 6.45) is -0.278. The third-order valence-electron chi connectivity index (χ3n) is 7.34. The highest BCUT2D eigenvalue weighted by atomic mass is 79.9. The van der Waals surface area contributed by atoms with E-state index in [0.717, 1.165) is 45.8 Å². The Balaban J connectivity index is 1.39. The molecule has 1 N–H and O–H groups in total. The van der Waals surface area contributed by atoms with Gasteiger partial charge in [-0.2, -0.15) is 5.10 Å². The van der Waals surface area contributed by atoms with Crippen molar-refractivity contribution in [1.29, 1.82) is 0 Å². The summed E-state index contributed by atoms with van der Waals surface area (Å²) in [5, 5.41) is 10.6. The van der Waals surface area contributed by atoms with Crippen molar-refractivity contribution in [2.24, 2.45) is 21.0 Å². The van der Waals surface area contributed by atoms with Crippen LogP contribution in [0.4, 0.5) is 22.7 Å². The zero-order valence-electron chi connectivity index (χ0n) is 22.0. The summed E-state index contributed by atoms with van der Waals surface area (Å²) in [6.45, 7) is 4.67. The molecule has 0 saturated heterocycles. The highest BCUT2D eigenvalue weighted by molar-refractivity contribution is 9.10. The molecule has 0 unspecified atom stereocenters.